The summed E-state index contributed by atoms with van der Waals surface area (Å²) >= 11 is 0. The zero-order valence-electron chi connectivity index (χ0n) is 16.5. The van der Waals surface area contributed by atoms with E-state index in [0.717, 1.165) is 25.9 Å². The normalized spacial score (nSPS) is 22.2. The number of nitro groups is 1. The van der Waals surface area contributed by atoms with Crippen LogP contribution in [0.2, 0.25) is 0 Å². The number of ether oxygens (including phenoxy) is 1. The average Bonchev–Trinajstić information content (AvgIpc) is 3.14. The Morgan fingerprint density at radius 1 is 1.14 bits per heavy atom. The van der Waals surface area contributed by atoms with E-state index in [1.54, 1.807) is 22.8 Å². The molecule has 0 unspecified atom stereocenters. The first kappa shape index (κ1) is 20.1. The van der Waals surface area contributed by atoms with Crippen LogP contribution in [0.3, 0.4) is 0 Å². The van der Waals surface area contributed by atoms with Crippen LogP contribution < -0.4 is 4.74 Å². The third-order valence-electron chi connectivity index (χ3n) is 5.56. The van der Waals surface area contributed by atoms with Crippen molar-refractivity contribution in [2.24, 2.45) is 0 Å². The van der Waals surface area contributed by atoms with Gasteiger partial charge in [-0.1, -0.05) is 12.1 Å². The number of amides is 2. The van der Waals surface area contributed by atoms with Crippen molar-refractivity contribution in [1.29, 1.82) is 0 Å². The Balaban J connectivity index is 1.86. The second kappa shape index (κ2) is 7.75. The quantitative estimate of drug-likeness (QED) is 0.581. The van der Waals surface area contributed by atoms with Gasteiger partial charge in [-0.2, -0.15) is 0 Å². The summed E-state index contributed by atoms with van der Waals surface area (Å²) in [6.07, 6.45) is 1.20. The summed E-state index contributed by atoms with van der Waals surface area (Å²) in [7, 11) is 0. The molecule has 2 amide bonds. The number of nitrogens with zero attached hydrogens (tertiary/aromatic N) is 4. The molecule has 2 heterocycles. The molecule has 152 valence electrons. The monoisotopic (exact) mass is 390 g/mol. The lowest BCUT2D eigenvalue weighted by molar-refractivity contribution is -0.385. The van der Waals surface area contributed by atoms with Gasteiger partial charge in [0.25, 0.3) is 0 Å². The Kier molecular flexibility index (Phi) is 5.55. The molecule has 0 saturated carbocycles. The number of para-hydroxylation sites is 2. The highest BCUT2D eigenvalue weighted by Gasteiger charge is 2.50. The van der Waals surface area contributed by atoms with Crippen LogP contribution in [0.15, 0.2) is 24.3 Å². The van der Waals surface area contributed by atoms with Crippen LogP contribution >= 0.6 is 0 Å². The predicted octanol–water partition coefficient (Wildman–Crippen LogP) is 2.46. The maximum atomic E-state index is 13.0. The van der Waals surface area contributed by atoms with Gasteiger partial charge in [0.05, 0.1) is 10.5 Å². The van der Waals surface area contributed by atoms with Crippen molar-refractivity contribution in [3.8, 4) is 5.75 Å². The van der Waals surface area contributed by atoms with Crippen LogP contribution in [0, 0.1) is 10.1 Å². The molecule has 0 bridgehead atoms. The van der Waals surface area contributed by atoms with Gasteiger partial charge in [-0.15, -0.1) is 0 Å². The van der Waals surface area contributed by atoms with E-state index in [4.69, 9.17) is 4.74 Å². The molecule has 1 aromatic carbocycles. The molecular formula is C19H26N4O5. The summed E-state index contributed by atoms with van der Waals surface area (Å²) in [6, 6.07) is 5.82. The third kappa shape index (κ3) is 3.66. The molecule has 0 aromatic heterocycles. The van der Waals surface area contributed by atoms with E-state index in [0.29, 0.717) is 13.1 Å². The number of likely N-dealkylation sites (tertiary alicyclic amines) is 1. The molecule has 1 atom stereocenters. The Morgan fingerprint density at radius 3 is 2.39 bits per heavy atom. The molecule has 2 aliphatic heterocycles. The van der Waals surface area contributed by atoms with Crippen LogP contribution in [0.5, 0.6) is 5.75 Å². The molecular weight excluding hydrogens is 364 g/mol. The SMILES string of the molecule is CC(=O)N1CCN(C(=O)Oc2ccccc2[N+](=O)[O-])C(C)(C)[C@@H]1N1CCCC1. The fourth-order valence-corrected chi connectivity index (χ4v) is 4.27. The highest BCUT2D eigenvalue weighted by atomic mass is 16.6. The number of piperazine rings is 1. The molecule has 0 N–H and O–H groups in total. The molecule has 9 heteroatoms. The fourth-order valence-electron chi connectivity index (χ4n) is 4.27. The van der Waals surface area contributed by atoms with Gasteiger partial charge in [-0.05, 0) is 32.8 Å². The van der Waals surface area contributed by atoms with Gasteiger partial charge in [0.15, 0.2) is 0 Å². The Bertz CT molecular complexity index is 775. The van der Waals surface area contributed by atoms with Gasteiger partial charge < -0.3 is 9.64 Å². The minimum Gasteiger partial charge on any atom is -0.403 e. The number of rotatable bonds is 3. The first-order valence-electron chi connectivity index (χ1n) is 9.47. The van der Waals surface area contributed by atoms with Crippen LogP contribution in [0.1, 0.15) is 33.6 Å². The third-order valence-corrected chi connectivity index (χ3v) is 5.56. The van der Waals surface area contributed by atoms with E-state index in [-0.39, 0.29) is 23.5 Å². The van der Waals surface area contributed by atoms with E-state index in [2.05, 4.69) is 4.90 Å². The number of hydrogen-bond donors (Lipinski definition) is 0. The maximum Gasteiger partial charge on any atom is 0.416 e. The fraction of sp³-hybridized carbons (Fsp3) is 0.579. The highest BCUT2D eigenvalue weighted by Crippen LogP contribution is 2.34. The van der Waals surface area contributed by atoms with E-state index in [1.807, 2.05) is 13.8 Å². The van der Waals surface area contributed by atoms with Crippen molar-refractivity contribution >= 4 is 17.7 Å². The predicted molar refractivity (Wildman–Crippen MR) is 102 cm³/mol. The Morgan fingerprint density at radius 2 is 1.79 bits per heavy atom. The second-order valence-corrected chi connectivity index (χ2v) is 7.73. The summed E-state index contributed by atoms with van der Waals surface area (Å²) in [5, 5.41) is 11.2. The lowest BCUT2D eigenvalue weighted by Crippen LogP contribution is -2.72. The molecule has 9 nitrogen and oxygen atoms in total. The van der Waals surface area contributed by atoms with Gasteiger partial charge in [0.1, 0.15) is 6.17 Å². The topological polar surface area (TPSA) is 96.2 Å². The number of carbonyl (C=O) groups is 2. The summed E-state index contributed by atoms with van der Waals surface area (Å²) in [5.41, 5.74) is -0.971. The molecule has 0 radical (unpaired) electrons. The van der Waals surface area contributed by atoms with Crippen molar-refractivity contribution in [3.63, 3.8) is 0 Å². The zero-order chi connectivity index (χ0) is 20.5. The summed E-state index contributed by atoms with van der Waals surface area (Å²) in [6.45, 7) is 7.79. The molecule has 2 aliphatic rings. The van der Waals surface area contributed by atoms with Crippen LogP contribution in [0.4, 0.5) is 10.5 Å². The number of hydrogen-bond acceptors (Lipinski definition) is 6. The smallest absolute Gasteiger partial charge is 0.403 e. The van der Waals surface area contributed by atoms with Crippen molar-refractivity contribution in [2.75, 3.05) is 26.2 Å². The van der Waals surface area contributed by atoms with Crippen LogP contribution in [0.25, 0.3) is 0 Å². The van der Waals surface area contributed by atoms with E-state index < -0.39 is 16.6 Å². The largest absolute Gasteiger partial charge is 0.416 e. The average molecular weight is 390 g/mol. The van der Waals surface area contributed by atoms with Gasteiger partial charge in [-0.25, -0.2) is 4.79 Å². The van der Waals surface area contributed by atoms with Gasteiger partial charge in [-0.3, -0.25) is 24.7 Å². The molecule has 2 fully saturated rings. The molecule has 1 aromatic rings. The lowest BCUT2D eigenvalue weighted by Gasteiger charge is -2.54. The lowest BCUT2D eigenvalue weighted by atomic mass is 9.93. The molecule has 0 spiro atoms. The Labute approximate surface area is 164 Å². The maximum absolute atomic E-state index is 13.0. The first-order chi connectivity index (χ1) is 13.2. The standard InChI is InChI=1S/C19H26N4O5/c1-14(24)21-12-13-22(19(2,3)17(21)20-10-6-7-11-20)18(25)28-16-9-5-4-8-15(16)23(26)27/h4-5,8-9,17H,6-7,10-13H2,1-3H3/t17-/m1/s1. The van der Waals surface area contributed by atoms with Gasteiger partial charge in [0.2, 0.25) is 11.7 Å². The highest BCUT2D eigenvalue weighted by molar-refractivity contribution is 5.76. The van der Waals surface area contributed by atoms with Gasteiger partial charge in [0, 0.05) is 39.2 Å². The zero-order valence-corrected chi connectivity index (χ0v) is 16.5. The summed E-state index contributed by atoms with van der Waals surface area (Å²) in [4.78, 5) is 41.4. The Hall–Kier alpha value is -2.68. The number of benzene rings is 1. The van der Waals surface area contributed by atoms with Crippen molar-refractivity contribution in [1.82, 2.24) is 14.7 Å². The first-order valence-corrected chi connectivity index (χ1v) is 9.47. The number of carbonyl (C=O) groups excluding carboxylic acids is 2. The van der Waals surface area contributed by atoms with Gasteiger partial charge >= 0.3 is 11.8 Å². The van der Waals surface area contributed by atoms with Crippen molar-refractivity contribution < 1.29 is 19.2 Å². The minimum absolute atomic E-state index is 0.0308. The molecule has 2 saturated heterocycles. The van der Waals surface area contributed by atoms with Crippen molar-refractivity contribution in [2.45, 2.75) is 45.3 Å². The van der Waals surface area contributed by atoms with Crippen LogP contribution in [-0.4, -0.2) is 69.5 Å². The van der Waals surface area contributed by atoms with Crippen LogP contribution in [-0.2, 0) is 4.79 Å². The second-order valence-electron chi connectivity index (χ2n) is 7.73. The van der Waals surface area contributed by atoms with E-state index in [9.17, 15) is 19.7 Å². The molecule has 3 rings (SSSR count). The molecule has 28 heavy (non-hydrogen) atoms. The van der Waals surface area contributed by atoms with E-state index in [1.165, 1.54) is 18.2 Å². The van der Waals surface area contributed by atoms with E-state index >= 15 is 0 Å². The summed E-state index contributed by atoms with van der Waals surface area (Å²) < 4.78 is 5.41. The minimum atomic E-state index is -0.713. The molecule has 0 aliphatic carbocycles. The number of nitro benzene ring substituents is 1. The van der Waals surface area contributed by atoms with Crippen molar-refractivity contribution in [3.05, 3.63) is 34.4 Å². The summed E-state index contributed by atoms with van der Waals surface area (Å²) in [5.74, 6) is -0.114.